The maximum Gasteiger partial charge on any atom is 0.255 e. The van der Waals surface area contributed by atoms with E-state index in [1.165, 1.54) is 11.1 Å². The van der Waals surface area contributed by atoms with E-state index in [-0.39, 0.29) is 5.91 Å². The van der Waals surface area contributed by atoms with Crippen LogP contribution in [0.15, 0.2) is 85.1 Å². The SMILES string of the molecule is CCc1ccc(NC(=O)c2cccc(Nc3ccnc(-c4ccc(C)cc4)n3)c2)cc1. The fraction of sp³-hybridized carbons (Fsp3) is 0.115. The molecule has 0 radical (unpaired) electrons. The summed E-state index contributed by atoms with van der Waals surface area (Å²) >= 11 is 0. The molecule has 0 bridgehead atoms. The van der Waals surface area contributed by atoms with Crippen LogP contribution in [0.5, 0.6) is 0 Å². The lowest BCUT2D eigenvalue weighted by Crippen LogP contribution is -2.12. The zero-order valence-electron chi connectivity index (χ0n) is 17.6. The number of hydrogen-bond donors (Lipinski definition) is 2. The third-order valence-electron chi connectivity index (χ3n) is 4.98. The Morgan fingerprint density at radius 1 is 0.903 bits per heavy atom. The van der Waals surface area contributed by atoms with Gasteiger partial charge in [-0.3, -0.25) is 4.79 Å². The molecule has 0 saturated carbocycles. The van der Waals surface area contributed by atoms with Crippen molar-refractivity contribution in [1.29, 1.82) is 0 Å². The van der Waals surface area contributed by atoms with Crippen LogP contribution in [-0.4, -0.2) is 15.9 Å². The molecule has 0 aliphatic carbocycles. The van der Waals surface area contributed by atoms with Gasteiger partial charge in [-0.25, -0.2) is 9.97 Å². The number of benzene rings is 3. The molecule has 1 amide bonds. The van der Waals surface area contributed by atoms with Gasteiger partial charge in [-0.15, -0.1) is 0 Å². The number of carbonyl (C=O) groups is 1. The van der Waals surface area contributed by atoms with Crippen molar-refractivity contribution in [2.24, 2.45) is 0 Å². The van der Waals surface area contributed by atoms with Crippen LogP contribution in [0.25, 0.3) is 11.4 Å². The lowest BCUT2D eigenvalue weighted by molar-refractivity contribution is 0.102. The highest BCUT2D eigenvalue weighted by atomic mass is 16.1. The van der Waals surface area contributed by atoms with Crippen molar-refractivity contribution >= 4 is 23.1 Å². The average Bonchev–Trinajstić information content (AvgIpc) is 2.80. The Bertz CT molecular complexity index is 1180. The van der Waals surface area contributed by atoms with Crippen LogP contribution >= 0.6 is 0 Å². The second-order valence-corrected chi connectivity index (χ2v) is 7.34. The zero-order chi connectivity index (χ0) is 21.6. The summed E-state index contributed by atoms with van der Waals surface area (Å²) in [6, 6.07) is 25.1. The number of aromatic nitrogens is 2. The summed E-state index contributed by atoms with van der Waals surface area (Å²) in [6.45, 7) is 4.15. The highest BCUT2D eigenvalue weighted by molar-refractivity contribution is 6.04. The number of aryl methyl sites for hydroxylation is 2. The Morgan fingerprint density at radius 3 is 2.42 bits per heavy atom. The molecule has 154 valence electrons. The van der Waals surface area contributed by atoms with Crippen LogP contribution in [0.2, 0.25) is 0 Å². The third-order valence-corrected chi connectivity index (χ3v) is 4.98. The van der Waals surface area contributed by atoms with Crippen molar-refractivity contribution in [2.75, 3.05) is 10.6 Å². The van der Waals surface area contributed by atoms with E-state index in [2.05, 4.69) is 27.5 Å². The molecule has 5 nitrogen and oxygen atoms in total. The van der Waals surface area contributed by atoms with Crippen LogP contribution < -0.4 is 10.6 Å². The normalized spacial score (nSPS) is 10.5. The largest absolute Gasteiger partial charge is 0.340 e. The van der Waals surface area contributed by atoms with E-state index in [0.29, 0.717) is 17.2 Å². The minimum Gasteiger partial charge on any atom is -0.340 e. The molecule has 0 fully saturated rings. The summed E-state index contributed by atoms with van der Waals surface area (Å²) in [4.78, 5) is 21.6. The van der Waals surface area contributed by atoms with E-state index in [1.807, 2.05) is 73.7 Å². The van der Waals surface area contributed by atoms with Gasteiger partial charge in [-0.2, -0.15) is 0 Å². The van der Waals surface area contributed by atoms with Crippen LogP contribution in [0, 0.1) is 6.92 Å². The summed E-state index contributed by atoms with van der Waals surface area (Å²) in [5.41, 5.74) is 5.50. The smallest absolute Gasteiger partial charge is 0.255 e. The summed E-state index contributed by atoms with van der Waals surface area (Å²) in [5.74, 6) is 1.16. The van der Waals surface area contributed by atoms with Gasteiger partial charge in [-0.05, 0) is 55.3 Å². The third kappa shape index (κ3) is 5.14. The molecule has 4 aromatic rings. The number of rotatable bonds is 6. The molecule has 0 aliphatic heterocycles. The van der Waals surface area contributed by atoms with Crippen LogP contribution in [0.3, 0.4) is 0 Å². The van der Waals surface area contributed by atoms with Crippen LogP contribution in [-0.2, 0) is 6.42 Å². The monoisotopic (exact) mass is 408 g/mol. The van der Waals surface area contributed by atoms with E-state index in [0.717, 1.165) is 23.4 Å². The zero-order valence-corrected chi connectivity index (χ0v) is 17.6. The molecule has 1 heterocycles. The minimum atomic E-state index is -0.157. The predicted molar refractivity (Wildman–Crippen MR) is 126 cm³/mol. The quantitative estimate of drug-likeness (QED) is 0.410. The van der Waals surface area contributed by atoms with Gasteiger partial charge in [0.1, 0.15) is 5.82 Å². The van der Waals surface area contributed by atoms with Crippen molar-refractivity contribution in [1.82, 2.24) is 9.97 Å². The van der Waals surface area contributed by atoms with Gasteiger partial charge in [-0.1, -0.05) is 55.0 Å². The van der Waals surface area contributed by atoms with Gasteiger partial charge in [0.2, 0.25) is 0 Å². The first kappa shape index (κ1) is 20.3. The number of amides is 1. The van der Waals surface area contributed by atoms with Gasteiger partial charge in [0.25, 0.3) is 5.91 Å². The van der Waals surface area contributed by atoms with Gasteiger partial charge in [0.15, 0.2) is 5.82 Å². The Balaban J connectivity index is 1.48. The van der Waals surface area contributed by atoms with E-state index < -0.39 is 0 Å². The highest BCUT2D eigenvalue weighted by Crippen LogP contribution is 2.21. The van der Waals surface area contributed by atoms with E-state index in [1.54, 1.807) is 18.3 Å². The molecule has 4 rings (SSSR count). The summed E-state index contributed by atoms with van der Waals surface area (Å²) in [5, 5.41) is 6.21. The number of anilines is 3. The average molecular weight is 409 g/mol. The molecule has 0 spiro atoms. The molecular formula is C26H24N4O. The molecule has 0 unspecified atom stereocenters. The highest BCUT2D eigenvalue weighted by Gasteiger charge is 2.08. The molecule has 0 atom stereocenters. The van der Waals surface area contributed by atoms with Gasteiger partial charge >= 0.3 is 0 Å². The first-order valence-corrected chi connectivity index (χ1v) is 10.3. The molecule has 1 aromatic heterocycles. The summed E-state index contributed by atoms with van der Waals surface area (Å²) in [7, 11) is 0. The maximum atomic E-state index is 12.7. The fourth-order valence-electron chi connectivity index (χ4n) is 3.18. The van der Waals surface area contributed by atoms with E-state index in [4.69, 9.17) is 0 Å². The molecular weight excluding hydrogens is 384 g/mol. The Labute approximate surface area is 182 Å². The van der Waals surface area contributed by atoms with Crippen molar-refractivity contribution in [3.8, 4) is 11.4 Å². The Kier molecular flexibility index (Phi) is 6.03. The first-order valence-electron chi connectivity index (χ1n) is 10.3. The van der Waals surface area contributed by atoms with Crippen molar-refractivity contribution in [3.63, 3.8) is 0 Å². The van der Waals surface area contributed by atoms with Crippen LogP contribution in [0.4, 0.5) is 17.2 Å². The van der Waals surface area contributed by atoms with Crippen molar-refractivity contribution < 1.29 is 4.79 Å². The summed E-state index contributed by atoms with van der Waals surface area (Å²) < 4.78 is 0. The van der Waals surface area contributed by atoms with Crippen molar-refractivity contribution in [3.05, 3.63) is 102 Å². The molecule has 2 N–H and O–H groups in total. The second-order valence-electron chi connectivity index (χ2n) is 7.34. The van der Waals surface area contributed by atoms with Gasteiger partial charge < -0.3 is 10.6 Å². The lowest BCUT2D eigenvalue weighted by atomic mass is 10.1. The van der Waals surface area contributed by atoms with Crippen molar-refractivity contribution in [2.45, 2.75) is 20.3 Å². The predicted octanol–water partition coefficient (Wildman–Crippen LogP) is 6.01. The Morgan fingerprint density at radius 2 is 1.68 bits per heavy atom. The topological polar surface area (TPSA) is 66.9 Å². The number of nitrogens with one attached hydrogen (secondary N) is 2. The standard InChI is InChI=1S/C26H24N4O/c1-3-19-9-13-22(14-10-19)29-26(31)21-5-4-6-23(17-21)28-24-15-16-27-25(30-24)20-11-7-18(2)8-12-20/h4-17H,3H2,1-2H3,(H,29,31)(H,27,28,30). The van der Waals surface area contributed by atoms with E-state index in [9.17, 15) is 4.79 Å². The number of carbonyl (C=O) groups excluding carboxylic acids is 1. The maximum absolute atomic E-state index is 12.7. The lowest BCUT2D eigenvalue weighted by Gasteiger charge is -2.10. The molecule has 3 aromatic carbocycles. The first-order chi connectivity index (χ1) is 15.1. The number of hydrogen-bond acceptors (Lipinski definition) is 4. The molecule has 0 saturated heterocycles. The molecule has 0 aliphatic rings. The summed E-state index contributed by atoms with van der Waals surface area (Å²) in [6.07, 6.45) is 2.69. The van der Waals surface area contributed by atoms with Gasteiger partial charge in [0.05, 0.1) is 0 Å². The number of nitrogens with zero attached hydrogens (tertiary/aromatic N) is 2. The molecule has 31 heavy (non-hydrogen) atoms. The van der Waals surface area contributed by atoms with Gasteiger partial charge in [0, 0.05) is 28.7 Å². The fourth-order valence-corrected chi connectivity index (χ4v) is 3.18. The minimum absolute atomic E-state index is 0.157. The van der Waals surface area contributed by atoms with E-state index >= 15 is 0 Å². The molecule has 5 heteroatoms. The Hall–Kier alpha value is -3.99. The van der Waals surface area contributed by atoms with Crippen LogP contribution in [0.1, 0.15) is 28.4 Å². The second kappa shape index (κ2) is 9.22.